The quantitative estimate of drug-likeness (QED) is 0.653. The summed E-state index contributed by atoms with van der Waals surface area (Å²) in [4.78, 5) is 42.0. The number of nitrogens with zero attached hydrogens (tertiary/aromatic N) is 2. The molecule has 0 aliphatic carbocycles. The van der Waals surface area contributed by atoms with Crippen LogP contribution >= 0.6 is 27.3 Å². The van der Waals surface area contributed by atoms with Crippen LogP contribution in [0.4, 0.5) is 11.4 Å². The van der Waals surface area contributed by atoms with Gasteiger partial charge in [0.2, 0.25) is 5.91 Å². The lowest BCUT2D eigenvalue weighted by Gasteiger charge is -2.24. The Morgan fingerprint density at radius 3 is 2.72 bits per heavy atom. The minimum Gasteiger partial charge on any atom is -0.379 e. The Morgan fingerprint density at radius 1 is 1.22 bits per heavy atom. The molecule has 32 heavy (non-hydrogen) atoms. The number of benzene rings is 1. The summed E-state index contributed by atoms with van der Waals surface area (Å²) < 4.78 is 11.7. The van der Waals surface area contributed by atoms with E-state index >= 15 is 0 Å². The number of rotatable bonds is 5. The highest BCUT2D eigenvalue weighted by molar-refractivity contribution is 9.11. The van der Waals surface area contributed by atoms with Crippen molar-refractivity contribution >= 4 is 56.4 Å². The Balaban J connectivity index is 1.52. The number of anilines is 2. The Kier molecular flexibility index (Phi) is 6.94. The topological polar surface area (TPSA) is 88.2 Å². The Bertz CT molecular complexity index is 1040. The molecule has 2 unspecified atom stereocenters. The van der Waals surface area contributed by atoms with Crippen molar-refractivity contribution < 1.29 is 23.9 Å². The third-order valence-corrected chi connectivity index (χ3v) is 7.25. The summed E-state index contributed by atoms with van der Waals surface area (Å²) >= 11 is 4.69. The van der Waals surface area contributed by atoms with Crippen LogP contribution in [-0.2, 0) is 19.1 Å². The molecule has 2 aliphatic heterocycles. The van der Waals surface area contributed by atoms with E-state index in [2.05, 4.69) is 21.2 Å². The first kappa shape index (κ1) is 22.9. The predicted molar refractivity (Wildman–Crippen MR) is 125 cm³/mol. The van der Waals surface area contributed by atoms with Crippen molar-refractivity contribution in [1.82, 2.24) is 5.32 Å². The average molecular weight is 522 g/mol. The summed E-state index contributed by atoms with van der Waals surface area (Å²) in [6.45, 7) is 3.64. The van der Waals surface area contributed by atoms with Gasteiger partial charge in [-0.05, 0) is 58.7 Å². The van der Waals surface area contributed by atoms with Gasteiger partial charge in [0.05, 0.1) is 34.3 Å². The van der Waals surface area contributed by atoms with Crippen molar-refractivity contribution in [3.63, 3.8) is 0 Å². The minimum atomic E-state index is -0.772. The van der Waals surface area contributed by atoms with E-state index in [1.54, 1.807) is 15.9 Å². The standard InChI is InChI=1S/C22H24BrN3O5S/c1-13-11-14(3-4-16(13)25-8-10-31-9-7-19(25)27)26-12-15(20(30-2)22(26)29)24-21(28)17-5-6-18(23)32-17/h3-6,11,15,20H,7-10,12H2,1-2H3,(H,24,28). The van der Waals surface area contributed by atoms with Crippen LogP contribution in [0.2, 0.25) is 0 Å². The number of carbonyl (C=O) groups excluding carboxylic acids is 3. The van der Waals surface area contributed by atoms with E-state index in [1.807, 2.05) is 31.2 Å². The lowest BCUT2D eigenvalue weighted by Crippen LogP contribution is -2.44. The zero-order valence-corrected chi connectivity index (χ0v) is 20.2. The van der Waals surface area contributed by atoms with E-state index in [0.717, 1.165) is 15.0 Å². The van der Waals surface area contributed by atoms with Crippen LogP contribution in [0, 0.1) is 6.92 Å². The smallest absolute Gasteiger partial charge is 0.261 e. The predicted octanol–water partition coefficient (Wildman–Crippen LogP) is 2.73. The van der Waals surface area contributed by atoms with Crippen LogP contribution in [0.3, 0.4) is 0 Å². The summed E-state index contributed by atoms with van der Waals surface area (Å²) in [5.41, 5.74) is 2.40. The van der Waals surface area contributed by atoms with Crippen molar-refractivity contribution in [1.29, 1.82) is 0 Å². The second-order valence-electron chi connectivity index (χ2n) is 7.67. The summed E-state index contributed by atoms with van der Waals surface area (Å²) in [5.74, 6) is -0.426. The largest absolute Gasteiger partial charge is 0.379 e. The zero-order chi connectivity index (χ0) is 22.8. The summed E-state index contributed by atoms with van der Waals surface area (Å²) in [6.07, 6.45) is -0.421. The average Bonchev–Trinajstić information content (AvgIpc) is 3.26. The molecule has 1 aromatic carbocycles. The lowest BCUT2D eigenvalue weighted by atomic mass is 10.1. The molecular formula is C22H24BrN3O5S. The van der Waals surface area contributed by atoms with Gasteiger partial charge in [-0.1, -0.05) is 0 Å². The molecule has 2 fully saturated rings. The molecular weight excluding hydrogens is 498 g/mol. The summed E-state index contributed by atoms with van der Waals surface area (Å²) in [7, 11) is 1.47. The molecule has 170 valence electrons. The molecule has 3 amide bonds. The van der Waals surface area contributed by atoms with Crippen molar-refractivity contribution in [3.8, 4) is 0 Å². The Labute approximate surface area is 198 Å². The fourth-order valence-corrected chi connectivity index (χ4v) is 5.33. The lowest BCUT2D eigenvalue weighted by molar-refractivity contribution is -0.126. The van der Waals surface area contributed by atoms with E-state index in [-0.39, 0.29) is 17.7 Å². The first-order valence-electron chi connectivity index (χ1n) is 10.3. The molecule has 2 aromatic rings. The van der Waals surface area contributed by atoms with Crippen molar-refractivity contribution in [2.45, 2.75) is 25.5 Å². The number of nitrogens with one attached hydrogen (secondary N) is 1. The summed E-state index contributed by atoms with van der Waals surface area (Å²) in [5, 5.41) is 2.93. The number of hydrogen-bond donors (Lipinski definition) is 1. The maximum Gasteiger partial charge on any atom is 0.261 e. The monoisotopic (exact) mass is 521 g/mol. The van der Waals surface area contributed by atoms with Crippen LogP contribution in [0.1, 0.15) is 21.7 Å². The number of thiophene rings is 1. The molecule has 0 spiro atoms. The molecule has 4 rings (SSSR count). The van der Waals surface area contributed by atoms with Gasteiger partial charge in [-0.25, -0.2) is 0 Å². The molecule has 3 heterocycles. The van der Waals surface area contributed by atoms with E-state index in [0.29, 0.717) is 43.3 Å². The minimum absolute atomic E-state index is 0.0260. The van der Waals surface area contributed by atoms with Gasteiger partial charge in [0.25, 0.3) is 11.8 Å². The molecule has 10 heteroatoms. The first-order chi connectivity index (χ1) is 15.4. The molecule has 0 saturated carbocycles. The van der Waals surface area contributed by atoms with Crippen LogP contribution in [0.25, 0.3) is 0 Å². The van der Waals surface area contributed by atoms with Crippen LogP contribution in [0.15, 0.2) is 34.1 Å². The Morgan fingerprint density at radius 2 is 2.03 bits per heavy atom. The van der Waals surface area contributed by atoms with Gasteiger partial charge < -0.3 is 24.6 Å². The number of ether oxygens (including phenoxy) is 2. The second kappa shape index (κ2) is 9.70. The molecule has 2 atom stereocenters. The van der Waals surface area contributed by atoms with Gasteiger partial charge in [-0.15, -0.1) is 11.3 Å². The molecule has 2 aliphatic rings. The van der Waals surface area contributed by atoms with Crippen molar-refractivity contribution in [3.05, 3.63) is 44.6 Å². The van der Waals surface area contributed by atoms with Crippen LogP contribution in [0.5, 0.6) is 0 Å². The highest BCUT2D eigenvalue weighted by Crippen LogP contribution is 2.30. The number of aryl methyl sites for hydroxylation is 1. The van der Waals surface area contributed by atoms with Crippen molar-refractivity contribution in [2.24, 2.45) is 0 Å². The van der Waals surface area contributed by atoms with Gasteiger partial charge in [-0.3, -0.25) is 14.4 Å². The third kappa shape index (κ3) is 4.59. The molecule has 2 saturated heterocycles. The fourth-order valence-electron chi connectivity index (χ4n) is 4.05. The number of amides is 3. The molecule has 8 nitrogen and oxygen atoms in total. The van der Waals surface area contributed by atoms with E-state index in [9.17, 15) is 14.4 Å². The second-order valence-corrected chi connectivity index (χ2v) is 10.1. The number of methoxy groups -OCH3 is 1. The maximum atomic E-state index is 13.0. The zero-order valence-electron chi connectivity index (χ0n) is 17.8. The highest BCUT2D eigenvalue weighted by atomic mass is 79.9. The van der Waals surface area contributed by atoms with Crippen LogP contribution in [-0.4, -0.2) is 63.3 Å². The number of carbonyl (C=O) groups is 3. The molecule has 0 bridgehead atoms. The van der Waals surface area contributed by atoms with Crippen molar-refractivity contribution in [2.75, 3.05) is 43.2 Å². The van der Waals surface area contributed by atoms with Gasteiger partial charge in [0, 0.05) is 31.6 Å². The summed E-state index contributed by atoms with van der Waals surface area (Å²) in [6, 6.07) is 8.64. The number of halogens is 1. The maximum absolute atomic E-state index is 13.0. The third-order valence-electron chi connectivity index (χ3n) is 5.62. The van der Waals surface area contributed by atoms with Gasteiger partial charge in [0.1, 0.15) is 0 Å². The van der Waals surface area contributed by atoms with Crippen LogP contribution < -0.4 is 15.1 Å². The molecule has 1 aromatic heterocycles. The SMILES string of the molecule is COC1C(=O)N(c2ccc(N3CCOCCC3=O)c(C)c2)CC1NC(=O)c1ccc(Br)s1. The fraction of sp³-hybridized carbons (Fsp3) is 0.409. The van der Waals surface area contributed by atoms with Gasteiger partial charge in [0.15, 0.2) is 6.10 Å². The molecule has 0 radical (unpaired) electrons. The van der Waals surface area contributed by atoms with E-state index < -0.39 is 12.1 Å². The molecule has 1 N–H and O–H groups in total. The Hall–Kier alpha value is -2.27. The van der Waals surface area contributed by atoms with Gasteiger partial charge in [-0.2, -0.15) is 0 Å². The van der Waals surface area contributed by atoms with E-state index in [4.69, 9.17) is 9.47 Å². The normalized spacial score (nSPS) is 21.7. The number of hydrogen-bond acceptors (Lipinski definition) is 6. The first-order valence-corrected chi connectivity index (χ1v) is 11.9. The highest BCUT2D eigenvalue weighted by Gasteiger charge is 2.42. The van der Waals surface area contributed by atoms with E-state index in [1.165, 1.54) is 18.4 Å². The van der Waals surface area contributed by atoms with Gasteiger partial charge >= 0.3 is 0 Å².